The van der Waals surface area contributed by atoms with Crippen LogP contribution < -0.4 is 4.74 Å². The lowest BCUT2D eigenvalue weighted by Gasteiger charge is -2.33. The summed E-state index contributed by atoms with van der Waals surface area (Å²) in [4.78, 5) is 16.6. The standard InChI is InChI=1S/C30H32N4O2/c1-22-5-2-3-7-27(22)28-19-32-30(24-12-14-31-15-13-24)33-29(28)25-6-4-16-34(21-25)20-23-8-10-26(11-9-23)36-18-17-35/h2-3,5,7-15,19,25,35H,4,6,16-18,20-21H2,1H3/t25-/m1/s1. The van der Waals surface area contributed by atoms with Gasteiger partial charge >= 0.3 is 0 Å². The highest BCUT2D eigenvalue weighted by Crippen LogP contribution is 2.35. The first kappa shape index (κ1) is 24.1. The summed E-state index contributed by atoms with van der Waals surface area (Å²) in [5.74, 6) is 1.86. The third kappa shape index (κ3) is 5.61. The van der Waals surface area contributed by atoms with E-state index in [1.165, 1.54) is 16.7 Å². The molecular weight excluding hydrogens is 448 g/mol. The maximum Gasteiger partial charge on any atom is 0.159 e. The zero-order valence-corrected chi connectivity index (χ0v) is 20.7. The van der Waals surface area contributed by atoms with Crippen molar-refractivity contribution >= 4 is 0 Å². The summed E-state index contributed by atoms with van der Waals surface area (Å²) in [6, 6.07) is 20.6. The smallest absolute Gasteiger partial charge is 0.159 e. The Hall–Kier alpha value is -3.61. The van der Waals surface area contributed by atoms with Crippen molar-refractivity contribution in [3.05, 3.63) is 96.1 Å². The quantitative estimate of drug-likeness (QED) is 0.371. The van der Waals surface area contributed by atoms with Gasteiger partial charge in [0.2, 0.25) is 0 Å². The van der Waals surface area contributed by atoms with Gasteiger partial charge < -0.3 is 9.84 Å². The molecule has 0 saturated carbocycles. The lowest BCUT2D eigenvalue weighted by molar-refractivity contribution is 0.197. The van der Waals surface area contributed by atoms with Crippen LogP contribution in [-0.2, 0) is 6.54 Å². The second-order valence-corrected chi connectivity index (χ2v) is 9.33. The molecule has 1 atom stereocenters. The van der Waals surface area contributed by atoms with Crippen molar-refractivity contribution in [3.8, 4) is 28.3 Å². The van der Waals surface area contributed by atoms with Gasteiger partial charge in [-0.3, -0.25) is 9.88 Å². The van der Waals surface area contributed by atoms with Crippen molar-refractivity contribution in [1.29, 1.82) is 0 Å². The van der Waals surface area contributed by atoms with E-state index in [-0.39, 0.29) is 6.61 Å². The molecule has 6 nitrogen and oxygen atoms in total. The molecular formula is C30H32N4O2. The molecule has 0 amide bonds. The van der Waals surface area contributed by atoms with Gasteiger partial charge in [-0.2, -0.15) is 0 Å². The van der Waals surface area contributed by atoms with Crippen molar-refractivity contribution in [1.82, 2.24) is 19.9 Å². The first-order chi connectivity index (χ1) is 17.7. The summed E-state index contributed by atoms with van der Waals surface area (Å²) in [6.07, 6.45) is 7.82. The minimum atomic E-state index is 0.0212. The van der Waals surface area contributed by atoms with Crippen LogP contribution >= 0.6 is 0 Å². The van der Waals surface area contributed by atoms with Gasteiger partial charge in [0.15, 0.2) is 5.82 Å². The van der Waals surface area contributed by atoms with Crippen molar-refractivity contribution < 1.29 is 9.84 Å². The van der Waals surface area contributed by atoms with Gasteiger partial charge in [0.1, 0.15) is 12.4 Å². The second-order valence-electron chi connectivity index (χ2n) is 9.33. The number of aryl methyl sites for hydroxylation is 1. The van der Waals surface area contributed by atoms with Gasteiger partial charge in [0, 0.05) is 48.7 Å². The number of aliphatic hydroxyl groups excluding tert-OH is 1. The van der Waals surface area contributed by atoms with Crippen LogP contribution in [0.15, 0.2) is 79.3 Å². The summed E-state index contributed by atoms with van der Waals surface area (Å²) < 4.78 is 5.51. The van der Waals surface area contributed by atoms with Crippen LogP contribution in [0.25, 0.3) is 22.5 Å². The topological polar surface area (TPSA) is 71.4 Å². The van der Waals surface area contributed by atoms with E-state index in [9.17, 15) is 0 Å². The molecule has 2 aromatic heterocycles. The zero-order chi connectivity index (χ0) is 24.7. The number of benzene rings is 2. The molecule has 2 aromatic carbocycles. The van der Waals surface area contributed by atoms with Crippen LogP contribution in [0.3, 0.4) is 0 Å². The van der Waals surface area contributed by atoms with Crippen LogP contribution in [0, 0.1) is 6.92 Å². The molecule has 1 saturated heterocycles. The molecule has 0 spiro atoms. The molecule has 1 fully saturated rings. The Balaban J connectivity index is 1.42. The minimum Gasteiger partial charge on any atom is -0.491 e. The normalized spacial score (nSPS) is 16.1. The molecule has 1 aliphatic heterocycles. The fourth-order valence-corrected chi connectivity index (χ4v) is 4.96. The monoisotopic (exact) mass is 480 g/mol. The van der Waals surface area contributed by atoms with Crippen molar-refractivity contribution in [3.63, 3.8) is 0 Å². The van der Waals surface area contributed by atoms with E-state index in [1.807, 2.05) is 30.5 Å². The molecule has 36 heavy (non-hydrogen) atoms. The minimum absolute atomic E-state index is 0.0212. The van der Waals surface area contributed by atoms with Gasteiger partial charge in [0.25, 0.3) is 0 Å². The number of rotatable bonds is 8. The zero-order valence-electron chi connectivity index (χ0n) is 20.7. The van der Waals surface area contributed by atoms with E-state index in [1.54, 1.807) is 12.4 Å². The highest BCUT2D eigenvalue weighted by molar-refractivity contribution is 5.70. The fraction of sp³-hybridized carbons (Fsp3) is 0.300. The average Bonchev–Trinajstić information content (AvgIpc) is 2.93. The number of likely N-dealkylation sites (tertiary alicyclic amines) is 1. The van der Waals surface area contributed by atoms with Gasteiger partial charge in [-0.25, -0.2) is 9.97 Å². The summed E-state index contributed by atoms with van der Waals surface area (Å²) >= 11 is 0. The Morgan fingerprint density at radius 1 is 1.00 bits per heavy atom. The number of pyridine rings is 1. The van der Waals surface area contributed by atoms with E-state index in [2.05, 4.69) is 53.2 Å². The van der Waals surface area contributed by atoms with Crippen molar-refractivity contribution in [2.75, 3.05) is 26.3 Å². The Morgan fingerprint density at radius 2 is 1.81 bits per heavy atom. The maximum absolute atomic E-state index is 8.96. The predicted molar refractivity (Wildman–Crippen MR) is 142 cm³/mol. The van der Waals surface area contributed by atoms with Crippen molar-refractivity contribution in [2.45, 2.75) is 32.2 Å². The van der Waals surface area contributed by atoms with Gasteiger partial charge in [-0.15, -0.1) is 0 Å². The Bertz CT molecular complexity index is 1280. The molecule has 6 heteroatoms. The molecule has 0 radical (unpaired) electrons. The van der Waals surface area contributed by atoms with Gasteiger partial charge in [-0.1, -0.05) is 36.4 Å². The van der Waals surface area contributed by atoms with E-state index in [4.69, 9.17) is 19.8 Å². The van der Waals surface area contributed by atoms with Crippen LogP contribution in [0.4, 0.5) is 0 Å². The highest BCUT2D eigenvalue weighted by Gasteiger charge is 2.26. The van der Waals surface area contributed by atoms with E-state index < -0.39 is 0 Å². The summed E-state index contributed by atoms with van der Waals surface area (Å²) in [5, 5.41) is 8.96. The molecule has 0 bridgehead atoms. The Labute approximate surface area is 212 Å². The lowest BCUT2D eigenvalue weighted by atomic mass is 9.88. The number of aliphatic hydroxyl groups is 1. The van der Waals surface area contributed by atoms with E-state index in [0.717, 1.165) is 60.9 Å². The Morgan fingerprint density at radius 3 is 2.58 bits per heavy atom. The number of nitrogens with zero attached hydrogens (tertiary/aromatic N) is 4. The maximum atomic E-state index is 8.96. The van der Waals surface area contributed by atoms with Crippen LogP contribution in [0.5, 0.6) is 5.75 Å². The SMILES string of the molecule is Cc1ccccc1-c1cnc(-c2ccncc2)nc1[C@@H]1CCCN(Cc2ccc(OCCO)cc2)C1. The first-order valence-corrected chi connectivity index (χ1v) is 12.6. The molecule has 4 aromatic rings. The highest BCUT2D eigenvalue weighted by atomic mass is 16.5. The first-order valence-electron chi connectivity index (χ1n) is 12.6. The molecule has 1 N–H and O–H groups in total. The second kappa shape index (κ2) is 11.4. The molecule has 0 unspecified atom stereocenters. The number of aromatic nitrogens is 3. The van der Waals surface area contributed by atoms with E-state index in [0.29, 0.717) is 12.5 Å². The van der Waals surface area contributed by atoms with Crippen LogP contribution in [0.2, 0.25) is 0 Å². The predicted octanol–water partition coefficient (Wildman–Crippen LogP) is 5.26. The van der Waals surface area contributed by atoms with Crippen LogP contribution in [-0.4, -0.2) is 51.3 Å². The molecule has 5 rings (SSSR count). The summed E-state index contributed by atoms with van der Waals surface area (Å²) in [6.45, 7) is 5.40. The molecule has 184 valence electrons. The average molecular weight is 481 g/mol. The van der Waals surface area contributed by atoms with Crippen molar-refractivity contribution in [2.24, 2.45) is 0 Å². The number of ether oxygens (including phenoxy) is 1. The molecule has 3 heterocycles. The third-order valence-electron chi connectivity index (χ3n) is 6.77. The summed E-state index contributed by atoms with van der Waals surface area (Å²) in [7, 11) is 0. The fourth-order valence-electron chi connectivity index (χ4n) is 4.96. The largest absolute Gasteiger partial charge is 0.491 e. The van der Waals surface area contributed by atoms with Gasteiger partial charge in [0.05, 0.1) is 12.3 Å². The number of hydrogen-bond acceptors (Lipinski definition) is 6. The Kier molecular flexibility index (Phi) is 7.64. The molecule has 1 aliphatic rings. The number of piperidine rings is 1. The lowest BCUT2D eigenvalue weighted by Crippen LogP contribution is -2.34. The number of hydrogen-bond donors (Lipinski definition) is 1. The van der Waals surface area contributed by atoms with Gasteiger partial charge in [-0.05, 0) is 67.3 Å². The third-order valence-corrected chi connectivity index (χ3v) is 6.77. The molecule has 0 aliphatic carbocycles. The van der Waals surface area contributed by atoms with Crippen LogP contribution in [0.1, 0.15) is 35.6 Å². The van der Waals surface area contributed by atoms with E-state index >= 15 is 0 Å². The summed E-state index contributed by atoms with van der Waals surface area (Å²) in [5.41, 5.74) is 6.93.